The van der Waals surface area contributed by atoms with Crippen LogP contribution in [0.1, 0.15) is 34.8 Å². The van der Waals surface area contributed by atoms with E-state index in [1.54, 1.807) is 11.8 Å². The molecule has 2 aromatic rings. The van der Waals surface area contributed by atoms with Gasteiger partial charge in [0.1, 0.15) is 17.7 Å². The predicted octanol–water partition coefficient (Wildman–Crippen LogP) is 2.98. The first-order valence-corrected chi connectivity index (χ1v) is 11.1. The molecule has 1 unspecified atom stereocenters. The number of nitrogens with zero attached hydrogens (tertiary/aromatic N) is 5. The molecule has 0 radical (unpaired) electrons. The molecule has 2 aliphatic rings. The molecule has 2 fully saturated rings. The summed E-state index contributed by atoms with van der Waals surface area (Å²) >= 11 is 0. The van der Waals surface area contributed by atoms with Crippen LogP contribution in [0.4, 0.5) is 20.7 Å². The van der Waals surface area contributed by atoms with Gasteiger partial charge in [-0.1, -0.05) is 13.0 Å². The minimum Gasteiger partial charge on any atom is -0.353 e. The lowest BCUT2D eigenvalue weighted by Gasteiger charge is -2.36. The van der Waals surface area contributed by atoms with Gasteiger partial charge in [-0.15, -0.1) is 0 Å². The van der Waals surface area contributed by atoms with Crippen LogP contribution >= 0.6 is 0 Å². The monoisotopic (exact) mass is 453 g/mol. The molecule has 8 nitrogen and oxygen atoms in total. The number of imide groups is 1. The molecule has 4 amide bonds. The fraction of sp³-hybridized carbons (Fsp3) is 0.417. The Hall–Kier alpha value is -3.49. The third-order valence-electron chi connectivity index (χ3n) is 6.32. The summed E-state index contributed by atoms with van der Waals surface area (Å²) in [6, 6.07) is 5.00. The molecule has 0 N–H and O–H groups in total. The van der Waals surface area contributed by atoms with Crippen molar-refractivity contribution in [3.63, 3.8) is 0 Å². The molecule has 2 saturated heterocycles. The molecule has 1 aromatic heterocycles. The van der Waals surface area contributed by atoms with Crippen molar-refractivity contribution in [2.45, 2.75) is 33.2 Å². The quantitative estimate of drug-likeness (QED) is 0.666. The van der Waals surface area contributed by atoms with Gasteiger partial charge in [-0.2, -0.15) is 0 Å². The number of carbonyl (C=O) groups excluding carboxylic acids is 3. The van der Waals surface area contributed by atoms with Gasteiger partial charge in [0.05, 0.1) is 5.56 Å². The Labute approximate surface area is 192 Å². The highest BCUT2D eigenvalue weighted by molar-refractivity contribution is 6.14. The zero-order chi connectivity index (χ0) is 23.9. The van der Waals surface area contributed by atoms with Crippen molar-refractivity contribution in [3.8, 4) is 0 Å². The number of anilines is 2. The minimum atomic E-state index is -0.708. The zero-order valence-electron chi connectivity index (χ0n) is 19.3. The van der Waals surface area contributed by atoms with E-state index in [4.69, 9.17) is 0 Å². The second kappa shape index (κ2) is 8.80. The molecule has 4 rings (SSSR count). The molecule has 174 valence electrons. The summed E-state index contributed by atoms with van der Waals surface area (Å²) in [4.78, 5) is 48.4. The Bertz CT molecular complexity index is 1110. The average molecular weight is 454 g/mol. The van der Waals surface area contributed by atoms with E-state index in [-0.39, 0.29) is 23.1 Å². The molecule has 3 heterocycles. The highest BCUT2D eigenvalue weighted by Gasteiger charge is 2.43. The van der Waals surface area contributed by atoms with Crippen LogP contribution in [0.25, 0.3) is 0 Å². The fourth-order valence-corrected chi connectivity index (χ4v) is 4.53. The summed E-state index contributed by atoms with van der Waals surface area (Å²) in [6.07, 6.45) is 2.24. The number of amides is 4. The summed E-state index contributed by atoms with van der Waals surface area (Å²) in [6.45, 7) is 7.94. The van der Waals surface area contributed by atoms with Crippen LogP contribution in [0, 0.1) is 19.7 Å². The van der Waals surface area contributed by atoms with Crippen LogP contribution in [0.5, 0.6) is 0 Å². The van der Waals surface area contributed by atoms with E-state index in [2.05, 4.69) is 16.0 Å². The van der Waals surface area contributed by atoms with Crippen LogP contribution in [-0.2, 0) is 4.79 Å². The molecule has 0 aliphatic carbocycles. The number of rotatable bonds is 4. The van der Waals surface area contributed by atoms with Crippen LogP contribution in [-0.4, -0.2) is 71.9 Å². The topological polar surface area (TPSA) is 77.1 Å². The van der Waals surface area contributed by atoms with Crippen LogP contribution in [0.3, 0.4) is 0 Å². The van der Waals surface area contributed by atoms with Gasteiger partial charge < -0.3 is 9.80 Å². The summed E-state index contributed by atoms with van der Waals surface area (Å²) < 4.78 is 15.0. The SMILES string of the molecule is CCC1C(=O)N(C)C(=O)N1c1ccc(C(=O)N2CCN(c3ncc(C)cc3C)CC2)c(F)c1. The molecule has 1 atom stereocenters. The van der Waals surface area contributed by atoms with Crippen LogP contribution in [0.15, 0.2) is 30.5 Å². The minimum absolute atomic E-state index is 0.0452. The van der Waals surface area contributed by atoms with E-state index >= 15 is 0 Å². The molecular weight excluding hydrogens is 425 g/mol. The van der Waals surface area contributed by atoms with Gasteiger partial charge in [-0.25, -0.2) is 14.2 Å². The Kier molecular flexibility index (Phi) is 6.05. The van der Waals surface area contributed by atoms with Gasteiger partial charge in [-0.05, 0) is 49.6 Å². The van der Waals surface area contributed by atoms with Crippen LogP contribution in [0.2, 0.25) is 0 Å². The molecule has 9 heteroatoms. The number of pyridine rings is 1. The van der Waals surface area contributed by atoms with Gasteiger partial charge in [-0.3, -0.25) is 19.4 Å². The number of hydrogen-bond donors (Lipinski definition) is 0. The number of aryl methyl sites for hydroxylation is 2. The van der Waals surface area contributed by atoms with Crippen molar-refractivity contribution >= 4 is 29.4 Å². The van der Waals surface area contributed by atoms with Gasteiger partial charge in [0.2, 0.25) is 0 Å². The van der Waals surface area contributed by atoms with E-state index in [0.29, 0.717) is 32.6 Å². The number of carbonyl (C=O) groups is 3. The zero-order valence-corrected chi connectivity index (χ0v) is 19.3. The maximum atomic E-state index is 15.0. The Morgan fingerprint density at radius 1 is 1.12 bits per heavy atom. The standard InChI is InChI=1S/C24H28FN5O3/c1-5-20-23(32)27(4)24(33)30(20)17-6-7-18(19(25)13-17)22(31)29-10-8-28(9-11-29)21-16(3)12-15(2)14-26-21/h6-7,12-14,20H,5,8-11H2,1-4H3. The van der Waals surface area contributed by atoms with Gasteiger partial charge in [0.25, 0.3) is 11.8 Å². The molecule has 0 spiro atoms. The molecule has 2 aliphatic heterocycles. The highest BCUT2D eigenvalue weighted by atomic mass is 19.1. The summed E-state index contributed by atoms with van der Waals surface area (Å²) in [7, 11) is 1.41. The lowest BCUT2D eigenvalue weighted by atomic mass is 10.1. The largest absolute Gasteiger partial charge is 0.353 e. The summed E-state index contributed by atoms with van der Waals surface area (Å²) in [5, 5.41) is 0. The molecule has 0 bridgehead atoms. The highest BCUT2D eigenvalue weighted by Crippen LogP contribution is 2.29. The Morgan fingerprint density at radius 3 is 2.42 bits per heavy atom. The average Bonchev–Trinajstić information content (AvgIpc) is 3.02. The maximum Gasteiger partial charge on any atom is 0.331 e. The second-order valence-electron chi connectivity index (χ2n) is 8.57. The van der Waals surface area contributed by atoms with Crippen molar-refractivity contribution in [2.24, 2.45) is 0 Å². The first-order valence-electron chi connectivity index (χ1n) is 11.1. The number of likely N-dealkylation sites (N-methyl/N-ethyl adjacent to an activating group) is 1. The molecular formula is C24H28FN5O3. The first-order chi connectivity index (χ1) is 15.7. The van der Waals surface area contributed by atoms with Crippen molar-refractivity contribution < 1.29 is 18.8 Å². The molecule has 1 aromatic carbocycles. The smallest absolute Gasteiger partial charge is 0.331 e. The van der Waals surface area contributed by atoms with Gasteiger partial charge in [0.15, 0.2) is 0 Å². The normalized spacial score (nSPS) is 19.0. The first kappa shape index (κ1) is 22.7. The number of benzene rings is 1. The maximum absolute atomic E-state index is 15.0. The number of piperazine rings is 1. The van der Waals surface area contributed by atoms with Crippen molar-refractivity contribution in [2.75, 3.05) is 43.0 Å². The van der Waals surface area contributed by atoms with E-state index in [9.17, 15) is 18.8 Å². The van der Waals surface area contributed by atoms with E-state index in [1.807, 2.05) is 20.0 Å². The van der Waals surface area contributed by atoms with Crippen LogP contribution < -0.4 is 9.80 Å². The van der Waals surface area contributed by atoms with Crippen molar-refractivity contribution in [1.82, 2.24) is 14.8 Å². The third-order valence-corrected chi connectivity index (χ3v) is 6.32. The number of aromatic nitrogens is 1. The third kappa shape index (κ3) is 4.03. The van der Waals surface area contributed by atoms with E-state index in [0.717, 1.165) is 27.9 Å². The lowest BCUT2D eigenvalue weighted by molar-refractivity contribution is -0.126. The van der Waals surface area contributed by atoms with E-state index in [1.165, 1.54) is 24.1 Å². The predicted molar refractivity (Wildman–Crippen MR) is 123 cm³/mol. The van der Waals surface area contributed by atoms with Crippen molar-refractivity contribution in [3.05, 3.63) is 53.0 Å². The van der Waals surface area contributed by atoms with Gasteiger partial charge >= 0.3 is 6.03 Å². The lowest BCUT2D eigenvalue weighted by Crippen LogP contribution is -2.49. The van der Waals surface area contributed by atoms with Crippen molar-refractivity contribution in [1.29, 1.82) is 0 Å². The second-order valence-corrected chi connectivity index (χ2v) is 8.57. The Morgan fingerprint density at radius 2 is 1.82 bits per heavy atom. The van der Waals surface area contributed by atoms with Gasteiger partial charge in [0, 0.05) is 45.1 Å². The fourth-order valence-electron chi connectivity index (χ4n) is 4.53. The Balaban J connectivity index is 1.47. The molecule has 0 saturated carbocycles. The number of hydrogen-bond acceptors (Lipinski definition) is 5. The molecule has 33 heavy (non-hydrogen) atoms. The number of halogens is 1. The number of urea groups is 1. The van der Waals surface area contributed by atoms with E-state index < -0.39 is 17.9 Å². The summed E-state index contributed by atoms with van der Waals surface area (Å²) in [5.41, 5.74) is 2.41. The summed E-state index contributed by atoms with van der Waals surface area (Å²) in [5.74, 6) is -0.511.